The van der Waals surface area contributed by atoms with Crippen molar-refractivity contribution in [2.24, 2.45) is 0 Å². The fourth-order valence-electron chi connectivity index (χ4n) is 0.411. The van der Waals surface area contributed by atoms with Crippen molar-refractivity contribution < 1.29 is 19.1 Å². The molecule has 65 valence electrons. The minimum atomic E-state index is -0.704. The third kappa shape index (κ3) is 4.38. The van der Waals surface area contributed by atoms with Crippen LogP contribution in [-0.2, 0) is 19.1 Å². The van der Waals surface area contributed by atoms with Crippen LogP contribution in [-0.4, -0.2) is 24.6 Å². The second kappa shape index (κ2) is 5.23. The van der Waals surface area contributed by atoms with Gasteiger partial charge < -0.3 is 4.74 Å². The molecule has 0 rings (SSSR count). The molecule has 1 radical (unpaired) electrons. The highest BCUT2D eigenvalue weighted by Gasteiger charge is 2.05. The number of rotatable bonds is 5. The average molecular weight is 169 g/mol. The first-order valence-electron chi connectivity index (χ1n) is 3.31. The van der Waals surface area contributed by atoms with Gasteiger partial charge in [0, 0.05) is 12.0 Å². The van der Waals surface area contributed by atoms with Crippen molar-refractivity contribution in [2.75, 3.05) is 6.61 Å². The Morgan fingerprint density at radius 3 is 2.50 bits per heavy atom. The summed E-state index contributed by atoms with van der Waals surface area (Å²) in [5.41, 5.74) is 0.262. The first-order valence-corrected chi connectivity index (χ1v) is 3.31. The molecular weight excluding hydrogens is 160 g/mol. The normalized spacial score (nSPS) is 8.75. The quantitative estimate of drug-likeness (QED) is 0.334. The molecule has 0 heterocycles. The first kappa shape index (κ1) is 10.6. The number of hydrogen-bond acceptors (Lipinski definition) is 4. The van der Waals surface area contributed by atoms with E-state index in [0.717, 1.165) is 0 Å². The summed E-state index contributed by atoms with van der Waals surface area (Å²) in [4.78, 5) is 30.7. The van der Waals surface area contributed by atoms with Gasteiger partial charge >= 0.3 is 5.97 Å². The average Bonchev–Trinajstić information content (AvgIpc) is 2.03. The van der Waals surface area contributed by atoms with E-state index in [9.17, 15) is 14.4 Å². The lowest BCUT2D eigenvalue weighted by Gasteiger charge is -2.00. The highest BCUT2D eigenvalue weighted by Crippen LogP contribution is 1.93. The van der Waals surface area contributed by atoms with E-state index in [0.29, 0.717) is 0 Å². The van der Waals surface area contributed by atoms with Crippen LogP contribution in [0.5, 0.6) is 0 Å². The predicted octanol–water partition coefficient (Wildman–Crippen LogP) is 0.175. The van der Waals surface area contributed by atoms with E-state index in [4.69, 9.17) is 0 Å². The van der Waals surface area contributed by atoms with Crippen LogP contribution in [0.15, 0.2) is 12.2 Å². The molecule has 0 aliphatic heterocycles. The van der Waals surface area contributed by atoms with Gasteiger partial charge in [-0.05, 0) is 6.92 Å². The predicted molar refractivity (Wildman–Crippen MR) is 41.1 cm³/mol. The van der Waals surface area contributed by atoms with E-state index in [1.807, 2.05) is 0 Å². The van der Waals surface area contributed by atoms with Crippen molar-refractivity contribution in [3.05, 3.63) is 12.2 Å². The Labute approximate surface area is 70.2 Å². The molecule has 0 N–H and O–H groups in total. The summed E-state index contributed by atoms with van der Waals surface area (Å²) in [7, 11) is 0. The van der Waals surface area contributed by atoms with Gasteiger partial charge in [0.1, 0.15) is 0 Å². The summed E-state index contributed by atoms with van der Waals surface area (Å²) < 4.78 is 4.54. The molecular formula is C8H9O4. The summed E-state index contributed by atoms with van der Waals surface area (Å²) in [5.74, 6) is -1.27. The standard InChI is InChI=1S/C8H9O4/c1-6(2)8(11)12-4-3-7(10)5-9/h1,3-4H2,2H3. The van der Waals surface area contributed by atoms with Crippen molar-refractivity contribution in [2.45, 2.75) is 13.3 Å². The van der Waals surface area contributed by atoms with Crippen LogP contribution in [0.4, 0.5) is 0 Å². The molecule has 0 saturated carbocycles. The summed E-state index contributed by atoms with van der Waals surface area (Å²) >= 11 is 0. The Hall–Kier alpha value is -1.45. The summed E-state index contributed by atoms with van der Waals surface area (Å²) in [6.45, 7) is 4.73. The fraction of sp³-hybridized carbons (Fsp3) is 0.375. The van der Waals surface area contributed by atoms with Gasteiger partial charge in [0.2, 0.25) is 5.78 Å². The van der Waals surface area contributed by atoms with E-state index >= 15 is 0 Å². The van der Waals surface area contributed by atoms with Crippen molar-refractivity contribution in [3.8, 4) is 0 Å². The van der Waals surface area contributed by atoms with E-state index < -0.39 is 11.8 Å². The van der Waals surface area contributed by atoms with Gasteiger partial charge in [0.05, 0.1) is 6.61 Å². The molecule has 4 heteroatoms. The van der Waals surface area contributed by atoms with Gasteiger partial charge in [-0.3, -0.25) is 9.59 Å². The Bertz CT molecular complexity index is 217. The first-order chi connectivity index (χ1) is 5.57. The second-order valence-corrected chi connectivity index (χ2v) is 2.19. The lowest BCUT2D eigenvalue weighted by atomic mass is 10.3. The van der Waals surface area contributed by atoms with Crippen LogP contribution in [0.3, 0.4) is 0 Å². The monoisotopic (exact) mass is 169 g/mol. The topological polar surface area (TPSA) is 60.4 Å². The maximum Gasteiger partial charge on any atom is 0.333 e. The van der Waals surface area contributed by atoms with Crippen molar-refractivity contribution in [3.63, 3.8) is 0 Å². The van der Waals surface area contributed by atoms with Gasteiger partial charge in [-0.15, -0.1) is 0 Å². The number of carbonyl (C=O) groups is 2. The van der Waals surface area contributed by atoms with Crippen LogP contribution in [0.2, 0.25) is 0 Å². The van der Waals surface area contributed by atoms with Gasteiger partial charge in [0.15, 0.2) is 0 Å². The molecule has 0 atom stereocenters. The third-order valence-corrected chi connectivity index (χ3v) is 1.02. The highest BCUT2D eigenvalue weighted by molar-refractivity contribution is 6.25. The fourth-order valence-corrected chi connectivity index (χ4v) is 0.411. The molecule has 0 unspecified atom stereocenters. The molecule has 0 aromatic carbocycles. The van der Waals surface area contributed by atoms with Gasteiger partial charge in [0.25, 0.3) is 6.29 Å². The summed E-state index contributed by atoms with van der Waals surface area (Å²) in [6, 6.07) is 0. The van der Waals surface area contributed by atoms with Crippen LogP contribution in [0, 0.1) is 0 Å². The zero-order valence-corrected chi connectivity index (χ0v) is 6.75. The third-order valence-electron chi connectivity index (χ3n) is 1.02. The van der Waals surface area contributed by atoms with Crippen LogP contribution in [0.25, 0.3) is 0 Å². The molecule has 4 nitrogen and oxygen atoms in total. The molecule has 12 heavy (non-hydrogen) atoms. The minimum Gasteiger partial charge on any atom is -0.462 e. The van der Waals surface area contributed by atoms with Crippen LogP contribution >= 0.6 is 0 Å². The van der Waals surface area contributed by atoms with Crippen molar-refractivity contribution in [1.29, 1.82) is 0 Å². The summed E-state index contributed by atoms with van der Waals surface area (Å²) in [5, 5.41) is 0. The molecule has 0 aromatic heterocycles. The summed E-state index contributed by atoms with van der Waals surface area (Å²) in [6.07, 6.45) is 1.04. The number of carbonyl (C=O) groups excluding carboxylic acids is 3. The van der Waals surface area contributed by atoms with Crippen molar-refractivity contribution in [1.82, 2.24) is 0 Å². The van der Waals surface area contributed by atoms with Crippen LogP contribution in [0.1, 0.15) is 13.3 Å². The van der Waals surface area contributed by atoms with Crippen LogP contribution < -0.4 is 0 Å². The Morgan fingerprint density at radius 1 is 1.50 bits per heavy atom. The SMILES string of the molecule is C=C(C)C(=O)OCCC(=O)[C]=O. The van der Waals surface area contributed by atoms with Gasteiger partial charge in [-0.2, -0.15) is 0 Å². The molecule has 0 aliphatic rings. The van der Waals surface area contributed by atoms with E-state index in [1.165, 1.54) is 13.2 Å². The molecule has 0 saturated heterocycles. The molecule has 0 aliphatic carbocycles. The molecule has 0 fully saturated rings. The minimum absolute atomic E-state index is 0.0975. The van der Waals surface area contributed by atoms with E-state index in [1.54, 1.807) is 0 Å². The maximum atomic E-state index is 10.7. The number of esters is 1. The van der Waals surface area contributed by atoms with Gasteiger partial charge in [-0.25, -0.2) is 4.79 Å². The van der Waals surface area contributed by atoms with Crippen molar-refractivity contribution >= 4 is 18.0 Å². The lowest BCUT2D eigenvalue weighted by Crippen LogP contribution is -2.10. The van der Waals surface area contributed by atoms with Gasteiger partial charge in [-0.1, -0.05) is 6.58 Å². The molecule has 0 spiro atoms. The molecule has 0 bridgehead atoms. The zero-order valence-electron chi connectivity index (χ0n) is 6.75. The number of hydrogen-bond donors (Lipinski definition) is 0. The smallest absolute Gasteiger partial charge is 0.333 e. The number of Topliss-reactive ketones (excluding diaryl/α,β-unsaturated/α-hetero) is 1. The molecule has 0 aromatic rings. The number of ketones is 1. The second-order valence-electron chi connectivity index (χ2n) is 2.19. The lowest BCUT2D eigenvalue weighted by molar-refractivity contribution is -0.139. The molecule has 0 amide bonds. The zero-order chi connectivity index (χ0) is 9.56. The largest absolute Gasteiger partial charge is 0.462 e. The number of ether oxygens (including phenoxy) is 1. The Kier molecular flexibility index (Phi) is 4.60. The Morgan fingerprint density at radius 2 is 2.08 bits per heavy atom. The Balaban J connectivity index is 3.57. The highest BCUT2D eigenvalue weighted by atomic mass is 16.5. The van der Waals surface area contributed by atoms with E-state index in [2.05, 4.69) is 11.3 Å². The maximum absolute atomic E-state index is 10.7. The van der Waals surface area contributed by atoms with E-state index in [-0.39, 0.29) is 18.6 Å².